The molecule has 0 aromatic carbocycles. The van der Waals surface area contributed by atoms with E-state index in [1.807, 2.05) is 0 Å². The SMILES string of the molecule is CN1C=CC=CC1N1CCCCC1. The molecule has 2 nitrogen and oxygen atoms in total. The second-order valence-electron chi connectivity index (χ2n) is 3.90. The second-order valence-corrected chi connectivity index (χ2v) is 3.90. The van der Waals surface area contributed by atoms with E-state index in [4.69, 9.17) is 0 Å². The molecule has 0 aliphatic carbocycles. The molecule has 0 aromatic rings. The Morgan fingerprint density at radius 2 is 1.85 bits per heavy atom. The van der Waals surface area contributed by atoms with Gasteiger partial charge in [0.25, 0.3) is 0 Å². The zero-order valence-electron chi connectivity index (χ0n) is 8.32. The monoisotopic (exact) mass is 178 g/mol. The minimum Gasteiger partial charge on any atom is -0.362 e. The molecule has 2 aliphatic rings. The number of allylic oxidation sites excluding steroid dienone is 2. The lowest BCUT2D eigenvalue weighted by atomic mass is 10.1. The predicted octanol–water partition coefficient (Wildman–Crippen LogP) is 1.81. The van der Waals surface area contributed by atoms with Gasteiger partial charge in [-0.05, 0) is 25.0 Å². The summed E-state index contributed by atoms with van der Waals surface area (Å²) in [6.45, 7) is 2.51. The third-order valence-electron chi connectivity index (χ3n) is 2.90. The molecule has 0 radical (unpaired) electrons. The van der Waals surface area contributed by atoms with Gasteiger partial charge in [-0.1, -0.05) is 12.5 Å². The third kappa shape index (κ3) is 1.94. The van der Waals surface area contributed by atoms with E-state index in [1.165, 1.54) is 32.4 Å². The van der Waals surface area contributed by atoms with E-state index in [9.17, 15) is 0 Å². The minimum absolute atomic E-state index is 0.505. The molecule has 0 bridgehead atoms. The summed E-state index contributed by atoms with van der Waals surface area (Å²) >= 11 is 0. The molecule has 0 saturated carbocycles. The van der Waals surface area contributed by atoms with Crippen LogP contribution in [0, 0.1) is 0 Å². The van der Waals surface area contributed by atoms with Crippen molar-refractivity contribution in [3.8, 4) is 0 Å². The highest BCUT2D eigenvalue weighted by atomic mass is 15.3. The van der Waals surface area contributed by atoms with Gasteiger partial charge in [-0.3, -0.25) is 4.90 Å². The van der Waals surface area contributed by atoms with Gasteiger partial charge in [0, 0.05) is 26.3 Å². The highest BCUT2D eigenvalue weighted by Crippen LogP contribution is 2.16. The fraction of sp³-hybridized carbons (Fsp3) is 0.636. The molecule has 1 fully saturated rings. The normalized spacial score (nSPS) is 29.6. The van der Waals surface area contributed by atoms with E-state index in [0.717, 1.165) is 0 Å². The van der Waals surface area contributed by atoms with Crippen LogP contribution >= 0.6 is 0 Å². The lowest BCUT2D eigenvalue weighted by Crippen LogP contribution is -2.46. The van der Waals surface area contributed by atoms with E-state index < -0.39 is 0 Å². The lowest BCUT2D eigenvalue weighted by molar-refractivity contribution is 0.106. The molecule has 2 aliphatic heterocycles. The van der Waals surface area contributed by atoms with E-state index in [2.05, 4.69) is 41.3 Å². The van der Waals surface area contributed by atoms with Crippen LogP contribution in [0.15, 0.2) is 24.4 Å². The van der Waals surface area contributed by atoms with Gasteiger partial charge in [-0.15, -0.1) is 0 Å². The Bertz CT molecular complexity index is 214. The molecule has 0 N–H and O–H groups in total. The maximum atomic E-state index is 2.56. The summed E-state index contributed by atoms with van der Waals surface area (Å²) in [5, 5.41) is 0. The molecular weight excluding hydrogens is 160 g/mol. The van der Waals surface area contributed by atoms with Gasteiger partial charge < -0.3 is 4.90 Å². The summed E-state index contributed by atoms with van der Waals surface area (Å²) in [5.41, 5.74) is 0. The smallest absolute Gasteiger partial charge is 0.101 e. The first-order valence-corrected chi connectivity index (χ1v) is 5.19. The molecule has 0 amide bonds. The van der Waals surface area contributed by atoms with E-state index in [0.29, 0.717) is 6.17 Å². The fourth-order valence-corrected chi connectivity index (χ4v) is 2.14. The minimum atomic E-state index is 0.505. The van der Waals surface area contributed by atoms with Crippen LogP contribution in [0.2, 0.25) is 0 Å². The van der Waals surface area contributed by atoms with Crippen molar-refractivity contribution >= 4 is 0 Å². The zero-order chi connectivity index (χ0) is 9.10. The topological polar surface area (TPSA) is 6.48 Å². The third-order valence-corrected chi connectivity index (χ3v) is 2.90. The molecule has 1 unspecified atom stereocenters. The second kappa shape index (κ2) is 3.97. The first-order valence-electron chi connectivity index (χ1n) is 5.19. The number of hydrogen-bond acceptors (Lipinski definition) is 2. The number of rotatable bonds is 1. The quantitative estimate of drug-likeness (QED) is 0.604. The van der Waals surface area contributed by atoms with Crippen molar-refractivity contribution in [2.24, 2.45) is 0 Å². The van der Waals surface area contributed by atoms with Crippen molar-refractivity contribution in [3.63, 3.8) is 0 Å². The average molecular weight is 178 g/mol. The highest BCUT2D eigenvalue weighted by molar-refractivity contribution is 5.12. The van der Waals surface area contributed by atoms with Gasteiger partial charge >= 0.3 is 0 Å². The van der Waals surface area contributed by atoms with Gasteiger partial charge in [-0.2, -0.15) is 0 Å². The Hall–Kier alpha value is -0.760. The van der Waals surface area contributed by atoms with Crippen LogP contribution in [0.1, 0.15) is 19.3 Å². The number of piperidine rings is 1. The van der Waals surface area contributed by atoms with E-state index in [1.54, 1.807) is 0 Å². The number of nitrogens with zero attached hydrogens (tertiary/aromatic N) is 2. The fourth-order valence-electron chi connectivity index (χ4n) is 2.14. The number of hydrogen-bond donors (Lipinski definition) is 0. The van der Waals surface area contributed by atoms with Crippen LogP contribution in [-0.4, -0.2) is 36.1 Å². The van der Waals surface area contributed by atoms with E-state index in [-0.39, 0.29) is 0 Å². The lowest BCUT2D eigenvalue weighted by Gasteiger charge is -2.38. The summed E-state index contributed by atoms with van der Waals surface area (Å²) < 4.78 is 0. The van der Waals surface area contributed by atoms with Crippen molar-refractivity contribution in [2.75, 3.05) is 20.1 Å². The summed E-state index contributed by atoms with van der Waals surface area (Å²) in [5.74, 6) is 0. The molecule has 2 heterocycles. The molecule has 2 heteroatoms. The van der Waals surface area contributed by atoms with Crippen LogP contribution in [0.3, 0.4) is 0 Å². The summed E-state index contributed by atoms with van der Waals surface area (Å²) in [7, 11) is 2.15. The molecule has 13 heavy (non-hydrogen) atoms. The number of likely N-dealkylation sites (N-methyl/N-ethyl adjacent to an activating group) is 1. The van der Waals surface area contributed by atoms with Crippen LogP contribution in [0.25, 0.3) is 0 Å². The molecule has 72 valence electrons. The Morgan fingerprint density at radius 3 is 2.54 bits per heavy atom. The molecular formula is C11H18N2. The van der Waals surface area contributed by atoms with Gasteiger partial charge in [0.15, 0.2) is 0 Å². The Morgan fingerprint density at radius 1 is 1.08 bits per heavy atom. The summed E-state index contributed by atoms with van der Waals surface area (Å²) in [6.07, 6.45) is 13.3. The van der Waals surface area contributed by atoms with Gasteiger partial charge in [0.1, 0.15) is 6.17 Å². The standard InChI is InChI=1S/C11H18N2/c1-12-8-6-3-7-11(12)13-9-4-2-5-10-13/h3,6-8,11H,2,4-5,9-10H2,1H3. The first kappa shape index (κ1) is 8.82. The maximum absolute atomic E-state index is 2.56. The summed E-state index contributed by atoms with van der Waals surface area (Å²) in [4.78, 5) is 4.84. The average Bonchev–Trinajstić information content (AvgIpc) is 2.20. The van der Waals surface area contributed by atoms with E-state index >= 15 is 0 Å². The van der Waals surface area contributed by atoms with Gasteiger partial charge in [0.05, 0.1) is 0 Å². The molecule has 2 rings (SSSR count). The van der Waals surface area contributed by atoms with Crippen molar-refractivity contribution in [3.05, 3.63) is 24.4 Å². The summed E-state index contributed by atoms with van der Waals surface area (Å²) in [6, 6.07) is 0. The molecule has 1 atom stereocenters. The first-order chi connectivity index (χ1) is 6.38. The molecule has 1 saturated heterocycles. The largest absolute Gasteiger partial charge is 0.362 e. The number of likely N-dealkylation sites (tertiary alicyclic amines) is 1. The maximum Gasteiger partial charge on any atom is 0.101 e. The molecule has 0 aromatic heterocycles. The zero-order valence-corrected chi connectivity index (χ0v) is 8.32. The highest BCUT2D eigenvalue weighted by Gasteiger charge is 2.20. The van der Waals surface area contributed by atoms with Crippen LogP contribution < -0.4 is 0 Å². The van der Waals surface area contributed by atoms with Crippen LogP contribution in [0.5, 0.6) is 0 Å². The van der Waals surface area contributed by atoms with Crippen molar-refractivity contribution in [1.82, 2.24) is 9.80 Å². The molecule has 0 spiro atoms. The predicted molar refractivity (Wildman–Crippen MR) is 55.3 cm³/mol. The van der Waals surface area contributed by atoms with Crippen molar-refractivity contribution in [1.29, 1.82) is 0 Å². The van der Waals surface area contributed by atoms with Gasteiger partial charge in [0.2, 0.25) is 0 Å². The Labute approximate surface area is 80.5 Å². The van der Waals surface area contributed by atoms with Crippen molar-refractivity contribution < 1.29 is 0 Å². The Balaban J connectivity index is 1.98. The Kier molecular flexibility index (Phi) is 2.69. The van der Waals surface area contributed by atoms with Crippen LogP contribution in [0.4, 0.5) is 0 Å². The van der Waals surface area contributed by atoms with Gasteiger partial charge in [-0.25, -0.2) is 0 Å². The van der Waals surface area contributed by atoms with Crippen molar-refractivity contribution in [2.45, 2.75) is 25.4 Å². The van der Waals surface area contributed by atoms with Crippen LogP contribution in [-0.2, 0) is 0 Å².